The topological polar surface area (TPSA) is 9.23 Å². The van der Waals surface area contributed by atoms with E-state index in [2.05, 4.69) is 26.8 Å². The van der Waals surface area contributed by atoms with Crippen molar-refractivity contribution in [1.82, 2.24) is 0 Å². The third-order valence-electron chi connectivity index (χ3n) is 2.50. The first-order valence-electron chi connectivity index (χ1n) is 4.56. The summed E-state index contributed by atoms with van der Waals surface area (Å²) in [6, 6.07) is 0. The summed E-state index contributed by atoms with van der Waals surface area (Å²) in [6.45, 7) is 6.62. The van der Waals surface area contributed by atoms with Gasteiger partial charge in [-0.15, -0.1) is 0 Å². The smallest absolute Gasteiger partial charge is 0.0988 e. The molecule has 0 atom stereocenters. The molecule has 1 aliphatic carbocycles. The van der Waals surface area contributed by atoms with Crippen LogP contribution in [0.5, 0.6) is 0 Å². The van der Waals surface area contributed by atoms with E-state index < -0.39 is 0 Å². The zero-order valence-corrected chi connectivity index (χ0v) is 8.48. The highest BCUT2D eigenvalue weighted by atomic mass is 16.5. The first-order chi connectivity index (χ1) is 5.65. The third kappa shape index (κ3) is 1.90. The third-order valence-corrected chi connectivity index (χ3v) is 2.50. The molecule has 0 saturated carbocycles. The van der Waals surface area contributed by atoms with Gasteiger partial charge >= 0.3 is 0 Å². The molecule has 0 amide bonds. The van der Waals surface area contributed by atoms with Gasteiger partial charge < -0.3 is 4.74 Å². The number of hydrogen-bond acceptors (Lipinski definition) is 1. The summed E-state index contributed by atoms with van der Waals surface area (Å²) in [4.78, 5) is 0. The van der Waals surface area contributed by atoms with Crippen LogP contribution in [0.4, 0.5) is 0 Å². The van der Waals surface area contributed by atoms with Gasteiger partial charge in [-0.2, -0.15) is 0 Å². The average molecular weight is 166 g/mol. The van der Waals surface area contributed by atoms with Gasteiger partial charge in [0.05, 0.1) is 12.9 Å². The lowest BCUT2D eigenvalue weighted by molar-refractivity contribution is 0.273. The molecule has 1 aliphatic rings. The van der Waals surface area contributed by atoms with E-state index in [1.807, 2.05) is 0 Å². The number of hydrogen-bond donors (Lipinski definition) is 0. The molecule has 0 radical (unpaired) electrons. The molecule has 0 aromatic carbocycles. The van der Waals surface area contributed by atoms with Crippen LogP contribution in [0.15, 0.2) is 23.0 Å². The molecule has 1 nitrogen and oxygen atoms in total. The Bertz CT molecular complexity index is 221. The summed E-state index contributed by atoms with van der Waals surface area (Å²) in [7, 11) is 1.77. The first-order valence-corrected chi connectivity index (χ1v) is 4.56. The fraction of sp³-hybridized carbons (Fsp3) is 0.636. The van der Waals surface area contributed by atoms with Crippen molar-refractivity contribution in [2.45, 2.75) is 33.6 Å². The van der Waals surface area contributed by atoms with Gasteiger partial charge in [-0.25, -0.2) is 0 Å². The highest BCUT2D eigenvalue weighted by Gasteiger charge is 2.13. The molecular formula is C11H18O. The van der Waals surface area contributed by atoms with Crippen LogP contribution < -0.4 is 0 Å². The van der Waals surface area contributed by atoms with Gasteiger partial charge in [0, 0.05) is 6.42 Å². The summed E-state index contributed by atoms with van der Waals surface area (Å²) in [5, 5.41) is 0. The maximum absolute atomic E-state index is 5.32. The van der Waals surface area contributed by atoms with E-state index in [1.54, 1.807) is 7.11 Å². The lowest BCUT2D eigenvalue weighted by atomic mass is 9.91. The Balaban J connectivity index is 2.69. The lowest BCUT2D eigenvalue weighted by Crippen LogP contribution is -2.04. The van der Waals surface area contributed by atoms with E-state index >= 15 is 0 Å². The maximum atomic E-state index is 5.32. The Kier molecular flexibility index (Phi) is 2.96. The Labute approximate surface area is 75.1 Å². The van der Waals surface area contributed by atoms with E-state index in [0.29, 0.717) is 5.92 Å². The molecule has 0 N–H and O–H groups in total. The minimum atomic E-state index is 0.656. The zero-order valence-electron chi connectivity index (χ0n) is 8.48. The summed E-state index contributed by atoms with van der Waals surface area (Å²) in [6.07, 6.45) is 4.42. The van der Waals surface area contributed by atoms with Crippen LogP contribution in [0.1, 0.15) is 33.6 Å². The van der Waals surface area contributed by atoms with Crippen molar-refractivity contribution in [3.05, 3.63) is 23.0 Å². The van der Waals surface area contributed by atoms with Crippen LogP contribution in [-0.2, 0) is 4.74 Å². The Morgan fingerprint density at radius 2 is 2.08 bits per heavy atom. The largest absolute Gasteiger partial charge is 0.501 e. The van der Waals surface area contributed by atoms with Gasteiger partial charge in [0.1, 0.15) is 0 Å². The summed E-state index contributed by atoms with van der Waals surface area (Å²) in [5.74, 6) is 1.82. The van der Waals surface area contributed by atoms with Gasteiger partial charge in [0.25, 0.3) is 0 Å². The quantitative estimate of drug-likeness (QED) is 0.572. The SMILES string of the molecule is COC1=C(C)CC=C(C(C)C)C1. The molecule has 68 valence electrons. The number of rotatable bonds is 2. The number of methoxy groups -OCH3 is 1. The maximum Gasteiger partial charge on any atom is 0.0988 e. The van der Waals surface area contributed by atoms with Crippen molar-refractivity contribution in [1.29, 1.82) is 0 Å². The van der Waals surface area contributed by atoms with E-state index in [4.69, 9.17) is 4.74 Å². The van der Waals surface area contributed by atoms with Crippen LogP contribution in [-0.4, -0.2) is 7.11 Å². The number of allylic oxidation sites excluding steroid dienone is 3. The molecule has 12 heavy (non-hydrogen) atoms. The predicted octanol–water partition coefficient (Wildman–Crippen LogP) is 3.28. The Morgan fingerprint density at radius 3 is 2.58 bits per heavy atom. The van der Waals surface area contributed by atoms with Crippen molar-refractivity contribution >= 4 is 0 Å². The molecule has 0 aromatic heterocycles. The summed E-state index contributed by atoms with van der Waals surface area (Å²) < 4.78 is 5.32. The molecule has 0 spiro atoms. The monoisotopic (exact) mass is 166 g/mol. The highest BCUT2D eigenvalue weighted by molar-refractivity contribution is 5.25. The van der Waals surface area contributed by atoms with Gasteiger partial charge in [-0.1, -0.05) is 25.5 Å². The Morgan fingerprint density at radius 1 is 1.42 bits per heavy atom. The molecule has 1 rings (SSSR count). The first kappa shape index (κ1) is 9.37. The lowest BCUT2D eigenvalue weighted by Gasteiger charge is -2.20. The average Bonchev–Trinajstić information content (AvgIpc) is 2.05. The molecule has 0 aromatic rings. The fourth-order valence-corrected chi connectivity index (χ4v) is 1.49. The number of ether oxygens (including phenoxy) is 1. The molecule has 0 bridgehead atoms. The minimum Gasteiger partial charge on any atom is -0.501 e. The van der Waals surface area contributed by atoms with Crippen LogP contribution in [0.25, 0.3) is 0 Å². The normalized spacial score (nSPS) is 18.2. The van der Waals surface area contributed by atoms with Crippen LogP contribution in [0.2, 0.25) is 0 Å². The summed E-state index contributed by atoms with van der Waals surface area (Å²) >= 11 is 0. The molecule has 1 heteroatoms. The van der Waals surface area contributed by atoms with E-state index in [1.165, 1.54) is 16.9 Å². The van der Waals surface area contributed by atoms with Crippen LogP contribution in [0, 0.1) is 5.92 Å². The van der Waals surface area contributed by atoms with Gasteiger partial charge in [0.15, 0.2) is 0 Å². The molecule has 0 saturated heterocycles. The highest BCUT2D eigenvalue weighted by Crippen LogP contribution is 2.28. The van der Waals surface area contributed by atoms with Crippen molar-refractivity contribution in [2.75, 3.05) is 7.11 Å². The summed E-state index contributed by atoms with van der Waals surface area (Å²) in [5.41, 5.74) is 2.89. The van der Waals surface area contributed by atoms with E-state index in [0.717, 1.165) is 12.8 Å². The van der Waals surface area contributed by atoms with E-state index in [-0.39, 0.29) is 0 Å². The molecule has 0 heterocycles. The Hall–Kier alpha value is -0.720. The standard InChI is InChI=1S/C11H18O/c1-8(2)10-6-5-9(3)11(7-10)12-4/h6,8H,5,7H2,1-4H3. The van der Waals surface area contributed by atoms with Gasteiger partial charge in [-0.3, -0.25) is 0 Å². The fourth-order valence-electron chi connectivity index (χ4n) is 1.49. The minimum absolute atomic E-state index is 0.656. The zero-order chi connectivity index (χ0) is 9.14. The van der Waals surface area contributed by atoms with Gasteiger partial charge in [0.2, 0.25) is 0 Å². The molecule has 0 fully saturated rings. The van der Waals surface area contributed by atoms with Crippen LogP contribution >= 0.6 is 0 Å². The van der Waals surface area contributed by atoms with Crippen molar-refractivity contribution in [2.24, 2.45) is 5.92 Å². The molecule has 0 aliphatic heterocycles. The van der Waals surface area contributed by atoms with Crippen molar-refractivity contribution in [3.8, 4) is 0 Å². The van der Waals surface area contributed by atoms with E-state index in [9.17, 15) is 0 Å². The predicted molar refractivity (Wildman–Crippen MR) is 51.9 cm³/mol. The molecular weight excluding hydrogens is 148 g/mol. The van der Waals surface area contributed by atoms with Crippen LogP contribution in [0.3, 0.4) is 0 Å². The molecule has 0 unspecified atom stereocenters. The van der Waals surface area contributed by atoms with Crippen molar-refractivity contribution < 1.29 is 4.74 Å². The van der Waals surface area contributed by atoms with Gasteiger partial charge in [-0.05, 0) is 24.8 Å². The second-order valence-electron chi connectivity index (χ2n) is 3.72. The second-order valence-corrected chi connectivity index (χ2v) is 3.72. The second kappa shape index (κ2) is 3.79. The van der Waals surface area contributed by atoms with Crippen molar-refractivity contribution in [3.63, 3.8) is 0 Å².